The van der Waals surface area contributed by atoms with E-state index in [0.717, 1.165) is 64.2 Å². The Morgan fingerprint density at radius 3 is 2.33 bits per heavy atom. The number of allylic oxidation sites excluding steroid dienone is 4. The van der Waals surface area contributed by atoms with Gasteiger partial charge >= 0.3 is 0 Å². The first-order valence-electron chi connectivity index (χ1n) is 20.8. The average molecular weight is 722 g/mol. The van der Waals surface area contributed by atoms with Crippen LogP contribution >= 0.6 is 0 Å². The molecule has 2 unspecified atom stereocenters. The molecule has 5 fully saturated rings. The van der Waals surface area contributed by atoms with Crippen LogP contribution in [0.5, 0.6) is 0 Å². The lowest BCUT2D eigenvalue weighted by Crippen LogP contribution is -2.68. The van der Waals surface area contributed by atoms with Gasteiger partial charge in [0.2, 0.25) is 0 Å². The van der Waals surface area contributed by atoms with E-state index < -0.39 is 11.1 Å². The molecule has 4 saturated carbocycles. The van der Waals surface area contributed by atoms with Crippen LogP contribution in [-0.4, -0.2) is 62.7 Å². The van der Waals surface area contributed by atoms with Crippen molar-refractivity contribution in [2.24, 2.45) is 51.2 Å². The van der Waals surface area contributed by atoms with E-state index in [1.54, 1.807) is 5.57 Å². The first kappa shape index (κ1) is 38.0. The van der Waals surface area contributed by atoms with Crippen LogP contribution in [0.2, 0.25) is 0 Å². The Kier molecular flexibility index (Phi) is 10.0. The molecule has 1 aliphatic heterocycles. The Morgan fingerprint density at radius 1 is 0.941 bits per heavy atom. The zero-order chi connectivity index (χ0) is 36.6. The number of hydrogen-bond donors (Lipinski definition) is 1. The van der Waals surface area contributed by atoms with E-state index in [-0.39, 0.29) is 21.8 Å². The molecule has 0 bridgehead atoms. The number of rotatable bonds is 9. The molecule has 7 rings (SSSR count). The topological polar surface area (TPSA) is 81.7 Å². The summed E-state index contributed by atoms with van der Waals surface area (Å²) in [7, 11) is 0. The minimum atomic E-state index is -1.94. The first-order valence-corrected chi connectivity index (χ1v) is 21.9. The fraction of sp³-hybridized carbons (Fsp3) is 0.841. The van der Waals surface area contributed by atoms with Gasteiger partial charge in [-0.15, -0.1) is 0 Å². The molecule has 0 aromatic carbocycles. The third kappa shape index (κ3) is 6.04. The van der Waals surface area contributed by atoms with Gasteiger partial charge in [0.1, 0.15) is 5.60 Å². The number of nitrogens with zero attached hydrogens (tertiary/aromatic N) is 1. The van der Waals surface area contributed by atoms with Crippen molar-refractivity contribution in [1.29, 1.82) is 0 Å². The van der Waals surface area contributed by atoms with Gasteiger partial charge in [0.25, 0.3) is 6.47 Å². The number of hydrogen-bond acceptors (Lipinski definition) is 6. The van der Waals surface area contributed by atoms with Crippen molar-refractivity contribution in [2.45, 2.75) is 155 Å². The van der Waals surface area contributed by atoms with E-state index in [1.165, 1.54) is 68.9 Å². The molecule has 7 heteroatoms. The minimum Gasteiger partial charge on any atom is -0.772 e. The molecular formula is C44H69N2O4S-. The molecule has 0 spiro atoms. The van der Waals surface area contributed by atoms with Gasteiger partial charge in [-0.2, -0.15) is 0 Å². The number of nitrogens with one attached hydrogen (secondary N) is 1. The molecule has 1 saturated heterocycles. The second kappa shape index (κ2) is 13.5. The number of piperidine rings is 1. The largest absolute Gasteiger partial charge is 0.772 e. The number of carbonyl (C=O) groups is 1. The predicted octanol–water partition coefficient (Wildman–Crippen LogP) is 8.91. The third-order valence-corrected chi connectivity index (χ3v) is 18.8. The van der Waals surface area contributed by atoms with Crippen molar-refractivity contribution < 1.29 is 18.3 Å². The van der Waals surface area contributed by atoms with E-state index in [1.807, 2.05) is 0 Å². The summed E-state index contributed by atoms with van der Waals surface area (Å²) in [5, 5.41) is 4.10. The quantitative estimate of drug-likeness (QED) is 0.146. The molecule has 11 atom stereocenters. The van der Waals surface area contributed by atoms with Gasteiger partial charge in [-0.3, -0.25) is 9.00 Å². The first-order chi connectivity index (χ1) is 24.0. The van der Waals surface area contributed by atoms with Crippen LogP contribution in [0, 0.1) is 51.2 Å². The van der Waals surface area contributed by atoms with Gasteiger partial charge in [0.15, 0.2) is 0 Å². The predicted molar refractivity (Wildman–Crippen MR) is 207 cm³/mol. The van der Waals surface area contributed by atoms with E-state index in [2.05, 4.69) is 77.4 Å². The summed E-state index contributed by atoms with van der Waals surface area (Å²) < 4.78 is 28.5. The van der Waals surface area contributed by atoms with Crippen molar-refractivity contribution in [3.8, 4) is 0 Å². The molecule has 0 radical (unpaired) electrons. The number of likely N-dealkylation sites (tertiary alicyclic amines) is 1. The normalized spacial score (nSPS) is 46.0. The van der Waals surface area contributed by atoms with Gasteiger partial charge in [0, 0.05) is 30.3 Å². The Morgan fingerprint density at radius 2 is 1.69 bits per heavy atom. The van der Waals surface area contributed by atoms with Gasteiger partial charge in [0.05, 0.1) is 0 Å². The molecule has 286 valence electrons. The molecule has 6 nitrogen and oxygen atoms in total. The Labute approximate surface area is 312 Å². The molecular weight excluding hydrogens is 653 g/mol. The second-order valence-corrected chi connectivity index (χ2v) is 21.4. The highest BCUT2D eigenvalue weighted by Gasteiger charge is 2.70. The molecule has 1 N–H and O–H groups in total. The van der Waals surface area contributed by atoms with E-state index >= 15 is 0 Å². The lowest BCUT2D eigenvalue weighted by molar-refractivity contribution is -0.221. The summed E-state index contributed by atoms with van der Waals surface area (Å²) in [5.41, 5.74) is 5.36. The van der Waals surface area contributed by atoms with E-state index in [9.17, 15) is 13.6 Å². The molecule has 0 aromatic rings. The minimum absolute atomic E-state index is 0.126. The Bertz CT molecular complexity index is 1460. The van der Waals surface area contributed by atoms with Crippen LogP contribution in [0.25, 0.3) is 0 Å². The lowest BCUT2D eigenvalue weighted by atomic mass is 9.33. The van der Waals surface area contributed by atoms with Gasteiger partial charge in [-0.05, 0) is 173 Å². The van der Waals surface area contributed by atoms with Crippen molar-refractivity contribution in [3.63, 3.8) is 0 Å². The Balaban J connectivity index is 1.11. The van der Waals surface area contributed by atoms with Crippen LogP contribution < -0.4 is 5.32 Å². The van der Waals surface area contributed by atoms with Crippen LogP contribution in [-0.2, 0) is 20.6 Å². The highest BCUT2D eigenvalue weighted by atomic mass is 32.2. The molecule has 51 heavy (non-hydrogen) atoms. The summed E-state index contributed by atoms with van der Waals surface area (Å²) in [5.74, 6) is 3.35. The Hall–Kier alpha value is -1.28. The monoisotopic (exact) mass is 721 g/mol. The van der Waals surface area contributed by atoms with Crippen molar-refractivity contribution in [2.75, 3.05) is 26.2 Å². The maximum Gasteiger partial charge on any atom is 0.293 e. The molecule has 0 aromatic heterocycles. The summed E-state index contributed by atoms with van der Waals surface area (Å²) in [6, 6.07) is 0. The summed E-state index contributed by atoms with van der Waals surface area (Å²) in [4.78, 5) is 13.7. The number of fused-ring (bicyclic) bond motifs is 7. The average Bonchev–Trinajstić information content (AvgIpc) is 3.46. The van der Waals surface area contributed by atoms with Crippen molar-refractivity contribution in [3.05, 3.63) is 35.5 Å². The summed E-state index contributed by atoms with van der Waals surface area (Å²) in [6.45, 7) is 26.7. The number of ether oxygens (including phenoxy) is 1. The second-order valence-electron chi connectivity index (χ2n) is 20.2. The summed E-state index contributed by atoms with van der Waals surface area (Å²) in [6.07, 6.45) is 20.9. The molecule has 6 aliphatic carbocycles. The van der Waals surface area contributed by atoms with Crippen molar-refractivity contribution >= 4 is 17.6 Å². The van der Waals surface area contributed by atoms with Crippen LogP contribution in [0.3, 0.4) is 0 Å². The fourth-order valence-electron chi connectivity index (χ4n) is 14.8. The van der Waals surface area contributed by atoms with E-state index in [4.69, 9.17) is 4.74 Å². The maximum absolute atomic E-state index is 11.5. The standard InChI is InChI=1S/C44H70N2O4S/c1-30(2)33-13-22-44(45-25-28-46-26-16-32(17-27-46)51(48)49)24-23-42(7)35(38(33)44)9-10-37-41(6)20-14-34(31-11-18-40(5,19-12-31)50-29-47)39(3,4)36(41)15-21-43(37,42)8/h11,14,29,32-33,35-38,45H,1,9-10,12-13,15-28H2,2-8H3,(H,48,49)/p-1/t33-,35+,36-,37+,38+,40?,41-,42+,43+,44-/m0/s1. The molecule has 7 aliphatic rings. The zero-order valence-electron chi connectivity index (χ0n) is 33.1. The van der Waals surface area contributed by atoms with Crippen LogP contribution in [0.15, 0.2) is 35.5 Å². The van der Waals surface area contributed by atoms with E-state index in [0.29, 0.717) is 46.4 Å². The third-order valence-electron chi connectivity index (χ3n) is 17.7. The maximum atomic E-state index is 11.5. The van der Waals surface area contributed by atoms with Gasteiger partial charge in [-0.1, -0.05) is 70.0 Å². The van der Waals surface area contributed by atoms with Gasteiger partial charge < -0.3 is 19.5 Å². The summed E-state index contributed by atoms with van der Waals surface area (Å²) >= 11 is -1.94. The SMILES string of the molecule is C=C(C)[C@@H]1CC[C@]2(NCCN3CCC(S(=O)[O-])CC3)CC[C@]3(C)[C@H](CC[C@@H]4[C@@]5(C)CC=C(C6=CCC(C)(OC=O)CC6)C(C)(C)[C@@H]5CC[C@]43C)[C@@H]12. The fourth-order valence-corrected chi connectivity index (χ4v) is 15.4. The molecule has 0 amide bonds. The smallest absolute Gasteiger partial charge is 0.293 e. The molecule has 1 heterocycles. The lowest BCUT2D eigenvalue weighted by Gasteiger charge is -2.72. The highest BCUT2D eigenvalue weighted by molar-refractivity contribution is 7.79. The zero-order valence-corrected chi connectivity index (χ0v) is 33.9. The number of carbonyl (C=O) groups excluding carboxylic acids is 1. The van der Waals surface area contributed by atoms with Crippen LogP contribution in [0.4, 0.5) is 0 Å². The van der Waals surface area contributed by atoms with Gasteiger partial charge in [-0.25, -0.2) is 0 Å². The highest BCUT2D eigenvalue weighted by Crippen LogP contribution is 2.76. The van der Waals surface area contributed by atoms with Crippen molar-refractivity contribution in [1.82, 2.24) is 10.2 Å². The van der Waals surface area contributed by atoms with Crippen LogP contribution in [0.1, 0.15) is 138 Å².